The van der Waals surface area contributed by atoms with Crippen LogP contribution < -0.4 is 0 Å². The molecule has 2 saturated heterocycles. The molecule has 0 aromatic heterocycles. The molecule has 164 valence electrons. The number of amides is 2. The second kappa shape index (κ2) is 8.27. The molecule has 29 heavy (non-hydrogen) atoms. The molecule has 0 spiro atoms. The Labute approximate surface area is 176 Å². The number of hydrogen-bond acceptors (Lipinski definition) is 5. The molecule has 7 nitrogen and oxygen atoms in total. The van der Waals surface area contributed by atoms with Crippen LogP contribution in [0.25, 0.3) is 0 Å². The van der Waals surface area contributed by atoms with E-state index in [2.05, 4.69) is 39.9 Å². The molecule has 0 radical (unpaired) electrons. The maximum Gasteiger partial charge on any atom is 0.411 e. The summed E-state index contributed by atoms with van der Waals surface area (Å²) in [6.45, 7) is 17.2. The Balaban J connectivity index is 2.24. The second-order valence-corrected chi connectivity index (χ2v) is 15.5. The highest BCUT2D eigenvalue weighted by molar-refractivity contribution is 6.74. The minimum Gasteiger partial charge on any atom is -0.444 e. The van der Waals surface area contributed by atoms with Gasteiger partial charge in [0.25, 0.3) is 0 Å². The van der Waals surface area contributed by atoms with Crippen LogP contribution in [0.3, 0.4) is 0 Å². The molecule has 0 aliphatic carbocycles. The van der Waals surface area contributed by atoms with Crippen LogP contribution in [0.5, 0.6) is 0 Å². The minimum absolute atomic E-state index is 0.0344. The summed E-state index contributed by atoms with van der Waals surface area (Å²) in [5.74, 6) is -0.166. The summed E-state index contributed by atoms with van der Waals surface area (Å²) in [5.41, 5.74) is -0.647. The smallest absolute Gasteiger partial charge is 0.411 e. The van der Waals surface area contributed by atoms with Crippen molar-refractivity contribution >= 4 is 20.3 Å². The number of nitriles is 1. The maximum absolute atomic E-state index is 13.3. The Morgan fingerprint density at radius 2 is 1.72 bits per heavy atom. The summed E-state index contributed by atoms with van der Waals surface area (Å²) in [5, 5.41) is 9.42. The number of nitrogens with zero attached hydrogens (tertiary/aromatic N) is 3. The topological polar surface area (TPSA) is 82.9 Å². The zero-order chi connectivity index (χ0) is 22.2. The number of carbonyl (C=O) groups is 2. The van der Waals surface area contributed by atoms with Gasteiger partial charge in [-0.1, -0.05) is 20.8 Å². The summed E-state index contributed by atoms with van der Waals surface area (Å²) in [7, 11) is -2.05. The molecule has 2 fully saturated rings. The highest BCUT2D eigenvalue weighted by Crippen LogP contribution is 2.39. The molecule has 0 bridgehead atoms. The van der Waals surface area contributed by atoms with E-state index in [-0.39, 0.29) is 17.0 Å². The molecular formula is C21H37N3O4Si. The first kappa shape index (κ1) is 23.7. The van der Waals surface area contributed by atoms with E-state index < -0.39 is 32.1 Å². The molecule has 2 rings (SSSR count). The monoisotopic (exact) mass is 423 g/mol. The number of likely N-dealkylation sites (tertiary alicyclic amines) is 2. The van der Waals surface area contributed by atoms with Gasteiger partial charge in [0, 0.05) is 19.5 Å². The van der Waals surface area contributed by atoms with E-state index in [1.807, 2.05) is 20.8 Å². The Morgan fingerprint density at radius 3 is 2.24 bits per heavy atom. The lowest BCUT2D eigenvalue weighted by Crippen LogP contribution is -2.50. The van der Waals surface area contributed by atoms with Crippen molar-refractivity contribution in [3.8, 4) is 6.07 Å². The van der Waals surface area contributed by atoms with Crippen molar-refractivity contribution in [3.63, 3.8) is 0 Å². The average molecular weight is 424 g/mol. The predicted octanol–water partition coefficient (Wildman–Crippen LogP) is 3.90. The second-order valence-electron chi connectivity index (χ2n) is 10.7. The van der Waals surface area contributed by atoms with Crippen LogP contribution in [-0.4, -0.2) is 67.0 Å². The number of carbonyl (C=O) groups excluding carboxylic acids is 2. The van der Waals surface area contributed by atoms with E-state index in [0.29, 0.717) is 25.9 Å². The van der Waals surface area contributed by atoms with Crippen LogP contribution in [0.15, 0.2) is 0 Å². The zero-order valence-electron chi connectivity index (χ0n) is 19.2. The van der Waals surface area contributed by atoms with Gasteiger partial charge in [0.1, 0.15) is 17.7 Å². The van der Waals surface area contributed by atoms with Crippen LogP contribution >= 0.6 is 0 Å². The first-order valence-corrected chi connectivity index (χ1v) is 13.4. The number of ether oxygens (including phenoxy) is 1. The fraction of sp³-hybridized carbons (Fsp3) is 0.857. The normalized spacial score (nSPS) is 25.8. The van der Waals surface area contributed by atoms with E-state index in [1.165, 1.54) is 4.90 Å². The molecule has 0 N–H and O–H groups in total. The first-order chi connectivity index (χ1) is 13.2. The Kier molecular flexibility index (Phi) is 6.75. The molecule has 0 saturated carbocycles. The van der Waals surface area contributed by atoms with Crippen molar-refractivity contribution in [2.24, 2.45) is 0 Å². The third kappa shape index (κ3) is 5.52. The lowest BCUT2D eigenvalue weighted by molar-refractivity contribution is -0.135. The van der Waals surface area contributed by atoms with Gasteiger partial charge in [-0.15, -0.1) is 0 Å². The van der Waals surface area contributed by atoms with Crippen molar-refractivity contribution in [3.05, 3.63) is 0 Å². The molecule has 1 unspecified atom stereocenters. The summed E-state index contributed by atoms with van der Waals surface area (Å²) in [6, 6.07) is 1.16. The van der Waals surface area contributed by atoms with E-state index in [9.17, 15) is 14.9 Å². The van der Waals surface area contributed by atoms with Gasteiger partial charge in [-0.05, 0) is 51.7 Å². The maximum atomic E-state index is 13.3. The summed E-state index contributed by atoms with van der Waals surface area (Å²) < 4.78 is 12.1. The van der Waals surface area contributed by atoms with Crippen LogP contribution in [0, 0.1) is 11.3 Å². The van der Waals surface area contributed by atoms with Crippen molar-refractivity contribution in [2.75, 3.05) is 13.1 Å². The van der Waals surface area contributed by atoms with Crippen LogP contribution in [0.4, 0.5) is 4.79 Å². The molecule has 2 heterocycles. The lowest BCUT2D eigenvalue weighted by Gasteiger charge is -2.38. The van der Waals surface area contributed by atoms with E-state index in [4.69, 9.17) is 9.16 Å². The Morgan fingerprint density at radius 1 is 1.10 bits per heavy atom. The van der Waals surface area contributed by atoms with E-state index in [0.717, 1.165) is 6.42 Å². The van der Waals surface area contributed by atoms with Crippen molar-refractivity contribution in [2.45, 2.75) is 103 Å². The molecule has 2 amide bonds. The third-order valence-electron chi connectivity index (χ3n) is 6.13. The fourth-order valence-corrected chi connectivity index (χ4v) is 4.95. The summed E-state index contributed by atoms with van der Waals surface area (Å²) >= 11 is 0. The molecular weight excluding hydrogens is 386 g/mol. The lowest BCUT2D eigenvalue weighted by atomic mass is 10.1. The molecule has 0 aromatic carbocycles. The quantitative estimate of drug-likeness (QED) is 0.643. The van der Waals surface area contributed by atoms with Gasteiger partial charge in [0.2, 0.25) is 5.91 Å². The number of rotatable bonds is 3. The minimum atomic E-state index is -2.05. The highest BCUT2D eigenvalue weighted by Gasteiger charge is 2.48. The number of hydrogen-bond donors (Lipinski definition) is 0. The Bertz CT molecular complexity index is 675. The van der Waals surface area contributed by atoms with Crippen LogP contribution in [-0.2, 0) is 14.0 Å². The van der Waals surface area contributed by atoms with Gasteiger partial charge in [0.15, 0.2) is 8.32 Å². The van der Waals surface area contributed by atoms with Gasteiger partial charge in [-0.3, -0.25) is 9.69 Å². The van der Waals surface area contributed by atoms with Crippen LogP contribution in [0.1, 0.15) is 60.8 Å². The van der Waals surface area contributed by atoms with Crippen molar-refractivity contribution in [1.82, 2.24) is 9.80 Å². The molecule has 2 aliphatic rings. The predicted molar refractivity (Wildman–Crippen MR) is 114 cm³/mol. The van der Waals surface area contributed by atoms with Crippen molar-refractivity contribution < 1.29 is 18.8 Å². The largest absolute Gasteiger partial charge is 0.444 e. The molecule has 3 atom stereocenters. The van der Waals surface area contributed by atoms with Gasteiger partial charge >= 0.3 is 6.09 Å². The molecule has 2 aliphatic heterocycles. The first-order valence-electron chi connectivity index (χ1n) is 10.5. The average Bonchev–Trinajstić information content (AvgIpc) is 3.17. The summed E-state index contributed by atoms with van der Waals surface area (Å²) in [4.78, 5) is 29.3. The fourth-order valence-electron chi connectivity index (χ4n) is 3.59. The van der Waals surface area contributed by atoms with Crippen molar-refractivity contribution in [1.29, 1.82) is 5.26 Å². The standard InChI is InChI=1S/C21H37N3O4Si/c1-20(2,3)27-19(26)24-14-16(28-29(7,8)21(4,5)6)12-17(24)18(25)23-11-9-10-15(23)13-22/h15-17H,9-12,14H2,1-8H3/t15?,16-,17-/m0/s1. The summed E-state index contributed by atoms with van der Waals surface area (Å²) in [6.07, 6.45) is 1.24. The molecule has 8 heteroatoms. The third-order valence-corrected chi connectivity index (χ3v) is 10.7. The molecule has 0 aromatic rings. The van der Waals surface area contributed by atoms with Crippen LogP contribution in [0.2, 0.25) is 18.1 Å². The Hall–Kier alpha value is -1.59. The zero-order valence-corrected chi connectivity index (χ0v) is 20.2. The van der Waals surface area contributed by atoms with E-state index in [1.54, 1.807) is 4.90 Å². The van der Waals surface area contributed by atoms with Gasteiger partial charge in [-0.2, -0.15) is 5.26 Å². The van der Waals surface area contributed by atoms with Gasteiger partial charge in [0.05, 0.1) is 12.2 Å². The SMILES string of the molecule is CC(C)(C)OC(=O)N1C[C@@H](O[Si](C)(C)C(C)(C)C)C[C@H]1C(=O)N1CCCC1C#N. The van der Waals surface area contributed by atoms with E-state index >= 15 is 0 Å². The van der Waals surface area contributed by atoms with Gasteiger partial charge < -0.3 is 14.1 Å². The highest BCUT2D eigenvalue weighted by atomic mass is 28.4. The van der Waals surface area contributed by atoms with Gasteiger partial charge in [-0.25, -0.2) is 4.79 Å².